The number of nitrogens with one attached hydrogen (secondary N) is 1. The van der Waals surface area contributed by atoms with Crippen molar-refractivity contribution in [2.45, 2.75) is 38.8 Å². The van der Waals surface area contributed by atoms with Gasteiger partial charge in [-0.1, -0.05) is 18.2 Å². The molecule has 108 valence electrons. The number of Topliss-reactive ketones (excluding diaryl/α,β-unsaturated/α-hetero) is 1. The predicted octanol–water partition coefficient (Wildman–Crippen LogP) is 1.27. The average Bonchev–Trinajstić information content (AvgIpc) is 2.51. The van der Waals surface area contributed by atoms with Crippen molar-refractivity contribution < 1.29 is 19.4 Å². The molecule has 1 aromatic rings. The van der Waals surface area contributed by atoms with E-state index in [9.17, 15) is 14.7 Å². The van der Waals surface area contributed by atoms with E-state index in [2.05, 4.69) is 5.32 Å². The smallest absolute Gasteiger partial charge is 0.227 e. The molecule has 0 spiro atoms. The van der Waals surface area contributed by atoms with E-state index in [-0.39, 0.29) is 18.1 Å². The van der Waals surface area contributed by atoms with Crippen molar-refractivity contribution in [2.75, 3.05) is 6.61 Å². The minimum atomic E-state index is -0.830. The summed E-state index contributed by atoms with van der Waals surface area (Å²) in [6.07, 6.45) is -0.493. The molecule has 0 saturated carbocycles. The van der Waals surface area contributed by atoms with Crippen molar-refractivity contribution in [3.05, 3.63) is 29.3 Å². The molecule has 0 aliphatic carbocycles. The maximum atomic E-state index is 11.7. The number of aliphatic hydroxyl groups is 1. The molecule has 2 N–H and O–H groups in total. The van der Waals surface area contributed by atoms with Crippen molar-refractivity contribution in [2.24, 2.45) is 0 Å². The van der Waals surface area contributed by atoms with Crippen LogP contribution in [0.25, 0.3) is 0 Å². The van der Waals surface area contributed by atoms with Crippen LogP contribution in [0.2, 0.25) is 0 Å². The van der Waals surface area contributed by atoms with Crippen LogP contribution in [0, 0.1) is 6.92 Å². The molecule has 1 heterocycles. The lowest BCUT2D eigenvalue weighted by Crippen LogP contribution is -2.40. The number of ketones is 1. The third-order valence-electron chi connectivity index (χ3n) is 3.37. The standard InChI is InChI=1S/C15H19NO4/c1-9-4-3-5-11-14(19)12(6-7-20-15(9)11)16-13(18)8-10(2)17/h3-5,12,14,19H,6-8H2,1-2H3,(H,16,18). The van der Waals surface area contributed by atoms with Gasteiger partial charge in [-0.25, -0.2) is 0 Å². The van der Waals surface area contributed by atoms with Gasteiger partial charge in [0, 0.05) is 12.0 Å². The number of amides is 1. The summed E-state index contributed by atoms with van der Waals surface area (Å²) in [6, 6.07) is 5.12. The Morgan fingerprint density at radius 2 is 2.20 bits per heavy atom. The summed E-state index contributed by atoms with van der Waals surface area (Å²) in [7, 11) is 0. The number of carbonyl (C=O) groups excluding carboxylic acids is 2. The zero-order valence-electron chi connectivity index (χ0n) is 11.7. The highest BCUT2D eigenvalue weighted by Gasteiger charge is 2.29. The van der Waals surface area contributed by atoms with Crippen LogP contribution in [0.3, 0.4) is 0 Å². The highest BCUT2D eigenvalue weighted by atomic mass is 16.5. The van der Waals surface area contributed by atoms with Crippen LogP contribution in [-0.4, -0.2) is 29.4 Å². The molecule has 0 aromatic heterocycles. The van der Waals surface area contributed by atoms with Gasteiger partial charge in [0.05, 0.1) is 19.1 Å². The molecule has 5 nitrogen and oxygen atoms in total. The third-order valence-corrected chi connectivity index (χ3v) is 3.37. The molecular weight excluding hydrogens is 258 g/mol. The first-order valence-corrected chi connectivity index (χ1v) is 6.68. The lowest BCUT2D eigenvalue weighted by molar-refractivity contribution is -0.128. The zero-order chi connectivity index (χ0) is 14.7. The van der Waals surface area contributed by atoms with Crippen molar-refractivity contribution in [1.29, 1.82) is 0 Å². The molecule has 0 saturated heterocycles. The number of fused-ring (bicyclic) bond motifs is 1. The Hall–Kier alpha value is -1.88. The minimum Gasteiger partial charge on any atom is -0.493 e. The number of hydrogen-bond donors (Lipinski definition) is 2. The van der Waals surface area contributed by atoms with Gasteiger partial charge in [-0.3, -0.25) is 9.59 Å². The van der Waals surface area contributed by atoms with Crippen LogP contribution in [0.5, 0.6) is 5.75 Å². The Morgan fingerprint density at radius 3 is 2.90 bits per heavy atom. The van der Waals surface area contributed by atoms with Crippen LogP contribution in [0.4, 0.5) is 0 Å². The first-order valence-electron chi connectivity index (χ1n) is 6.68. The van der Waals surface area contributed by atoms with E-state index in [1.165, 1.54) is 6.92 Å². The van der Waals surface area contributed by atoms with Gasteiger partial charge in [-0.05, 0) is 19.4 Å². The summed E-state index contributed by atoms with van der Waals surface area (Å²) in [5.41, 5.74) is 1.63. The number of aryl methyl sites for hydroxylation is 1. The van der Waals surface area contributed by atoms with Gasteiger partial charge in [0.15, 0.2) is 0 Å². The number of hydrogen-bond acceptors (Lipinski definition) is 4. The topological polar surface area (TPSA) is 75.6 Å². The second-order valence-electron chi connectivity index (χ2n) is 5.13. The number of benzene rings is 1. The Kier molecular flexibility index (Phi) is 4.39. The fraction of sp³-hybridized carbons (Fsp3) is 0.467. The zero-order valence-corrected chi connectivity index (χ0v) is 11.7. The fourth-order valence-corrected chi connectivity index (χ4v) is 2.40. The molecule has 2 rings (SSSR count). The molecule has 0 radical (unpaired) electrons. The molecule has 0 bridgehead atoms. The number of para-hydroxylation sites is 1. The fourth-order valence-electron chi connectivity index (χ4n) is 2.40. The number of carbonyl (C=O) groups is 2. The summed E-state index contributed by atoms with van der Waals surface area (Å²) in [6.45, 7) is 3.70. The van der Waals surface area contributed by atoms with E-state index in [0.717, 1.165) is 5.56 Å². The lowest BCUT2D eigenvalue weighted by Gasteiger charge is -2.22. The van der Waals surface area contributed by atoms with Crippen molar-refractivity contribution in [1.82, 2.24) is 5.32 Å². The van der Waals surface area contributed by atoms with Crippen LogP contribution in [-0.2, 0) is 9.59 Å². The lowest BCUT2D eigenvalue weighted by atomic mass is 9.98. The number of aliphatic hydroxyl groups excluding tert-OH is 1. The van der Waals surface area contributed by atoms with Gasteiger partial charge in [-0.2, -0.15) is 0 Å². The molecule has 1 aliphatic rings. The van der Waals surface area contributed by atoms with Crippen LogP contribution in [0.1, 0.15) is 37.0 Å². The largest absolute Gasteiger partial charge is 0.493 e. The Labute approximate surface area is 117 Å². The van der Waals surface area contributed by atoms with Crippen molar-refractivity contribution in [3.63, 3.8) is 0 Å². The van der Waals surface area contributed by atoms with E-state index in [1.807, 2.05) is 19.1 Å². The summed E-state index contributed by atoms with van der Waals surface area (Å²) in [4.78, 5) is 22.6. The minimum absolute atomic E-state index is 0.162. The van der Waals surface area contributed by atoms with Gasteiger partial charge in [0.1, 0.15) is 17.6 Å². The normalized spacial score (nSPS) is 21.4. The first kappa shape index (κ1) is 14.5. The molecule has 1 aromatic carbocycles. The van der Waals surface area contributed by atoms with E-state index in [4.69, 9.17) is 4.74 Å². The number of ether oxygens (including phenoxy) is 1. The Morgan fingerprint density at radius 1 is 1.45 bits per heavy atom. The molecule has 20 heavy (non-hydrogen) atoms. The predicted molar refractivity (Wildman–Crippen MR) is 73.5 cm³/mol. The van der Waals surface area contributed by atoms with Gasteiger partial charge < -0.3 is 15.2 Å². The second-order valence-corrected chi connectivity index (χ2v) is 5.13. The first-order chi connectivity index (χ1) is 9.49. The highest BCUT2D eigenvalue weighted by molar-refractivity contribution is 5.96. The summed E-state index contributed by atoms with van der Waals surface area (Å²) < 4.78 is 5.66. The maximum absolute atomic E-state index is 11.7. The molecule has 1 amide bonds. The molecule has 1 aliphatic heterocycles. The molecule has 0 fully saturated rings. The third kappa shape index (κ3) is 3.17. The summed E-state index contributed by atoms with van der Waals surface area (Å²) >= 11 is 0. The van der Waals surface area contributed by atoms with Crippen LogP contribution >= 0.6 is 0 Å². The van der Waals surface area contributed by atoms with Gasteiger partial charge in [-0.15, -0.1) is 0 Å². The molecular formula is C15H19NO4. The van der Waals surface area contributed by atoms with E-state index in [0.29, 0.717) is 24.3 Å². The van der Waals surface area contributed by atoms with E-state index in [1.54, 1.807) is 6.07 Å². The maximum Gasteiger partial charge on any atom is 0.227 e. The summed E-state index contributed by atoms with van der Waals surface area (Å²) in [5, 5.41) is 13.1. The molecule has 2 atom stereocenters. The Balaban J connectivity index is 2.17. The Bertz CT molecular complexity index is 527. The SMILES string of the molecule is CC(=O)CC(=O)NC1CCOc2c(C)cccc2C1O. The quantitative estimate of drug-likeness (QED) is 0.816. The van der Waals surface area contributed by atoms with Gasteiger partial charge in [0.25, 0.3) is 0 Å². The van der Waals surface area contributed by atoms with Gasteiger partial charge >= 0.3 is 0 Å². The average molecular weight is 277 g/mol. The van der Waals surface area contributed by atoms with Crippen LogP contribution in [0.15, 0.2) is 18.2 Å². The van der Waals surface area contributed by atoms with Crippen LogP contribution < -0.4 is 10.1 Å². The number of rotatable bonds is 3. The monoisotopic (exact) mass is 277 g/mol. The van der Waals surface area contributed by atoms with E-state index < -0.39 is 12.1 Å². The van der Waals surface area contributed by atoms with Gasteiger partial charge in [0.2, 0.25) is 5.91 Å². The molecule has 2 unspecified atom stereocenters. The van der Waals surface area contributed by atoms with Crippen molar-refractivity contribution in [3.8, 4) is 5.75 Å². The van der Waals surface area contributed by atoms with E-state index >= 15 is 0 Å². The highest BCUT2D eigenvalue weighted by Crippen LogP contribution is 2.34. The molecule has 5 heteroatoms. The summed E-state index contributed by atoms with van der Waals surface area (Å²) in [5.74, 6) is 0.124. The second kappa shape index (κ2) is 6.05. The van der Waals surface area contributed by atoms with Crippen molar-refractivity contribution >= 4 is 11.7 Å².